The van der Waals surface area contributed by atoms with Gasteiger partial charge in [0.05, 0.1) is 0 Å². The van der Waals surface area contributed by atoms with Gasteiger partial charge in [-0.15, -0.1) is 0 Å². The number of hydrogen-bond acceptors (Lipinski definition) is 3. The molecule has 0 saturated carbocycles. The van der Waals surface area contributed by atoms with Gasteiger partial charge in [0, 0.05) is 26.6 Å². The van der Waals surface area contributed by atoms with Crippen molar-refractivity contribution in [1.29, 1.82) is 0 Å². The molecule has 100 valence electrons. The van der Waals surface area contributed by atoms with Crippen LogP contribution in [0, 0.1) is 11.6 Å². The zero-order chi connectivity index (χ0) is 13.7. The standard InChI is InChI=1S/C12H16F2N2O2/c1-15-11(17)3-4-16(2)7-8-5-9(13)12(18)10(14)6-8/h5-6,18H,3-4,7H2,1-2H3,(H,15,17). The van der Waals surface area contributed by atoms with Crippen molar-refractivity contribution < 1.29 is 18.7 Å². The second-order valence-corrected chi connectivity index (χ2v) is 4.07. The van der Waals surface area contributed by atoms with Crippen molar-refractivity contribution in [3.63, 3.8) is 0 Å². The van der Waals surface area contributed by atoms with Crippen LogP contribution in [-0.4, -0.2) is 36.6 Å². The van der Waals surface area contributed by atoms with Crippen LogP contribution in [0.25, 0.3) is 0 Å². The van der Waals surface area contributed by atoms with E-state index in [1.165, 1.54) is 0 Å². The van der Waals surface area contributed by atoms with Gasteiger partial charge >= 0.3 is 0 Å². The number of nitrogens with zero attached hydrogens (tertiary/aromatic N) is 1. The molecule has 1 aromatic rings. The van der Waals surface area contributed by atoms with Crippen molar-refractivity contribution in [2.24, 2.45) is 0 Å². The lowest BCUT2D eigenvalue weighted by atomic mass is 10.2. The summed E-state index contributed by atoms with van der Waals surface area (Å²) in [7, 11) is 3.29. The molecule has 18 heavy (non-hydrogen) atoms. The molecule has 0 atom stereocenters. The lowest BCUT2D eigenvalue weighted by molar-refractivity contribution is -0.120. The van der Waals surface area contributed by atoms with E-state index in [1.54, 1.807) is 19.0 Å². The third-order valence-electron chi connectivity index (χ3n) is 2.53. The number of phenols is 1. The van der Waals surface area contributed by atoms with Crippen LogP contribution < -0.4 is 5.32 Å². The average Bonchev–Trinajstić information content (AvgIpc) is 2.32. The van der Waals surface area contributed by atoms with Crippen LogP contribution in [-0.2, 0) is 11.3 Å². The minimum absolute atomic E-state index is 0.0927. The van der Waals surface area contributed by atoms with Gasteiger partial charge in [0.2, 0.25) is 5.91 Å². The van der Waals surface area contributed by atoms with Crippen molar-refractivity contribution in [3.8, 4) is 5.75 Å². The minimum Gasteiger partial charge on any atom is -0.503 e. The second kappa shape index (κ2) is 6.30. The lowest BCUT2D eigenvalue weighted by Crippen LogP contribution is -2.26. The maximum atomic E-state index is 13.1. The van der Waals surface area contributed by atoms with E-state index in [4.69, 9.17) is 5.11 Å². The number of rotatable bonds is 5. The molecule has 0 radical (unpaired) electrons. The molecule has 0 aliphatic rings. The first-order valence-corrected chi connectivity index (χ1v) is 5.50. The van der Waals surface area contributed by atoms with Crippen LogP contribution >= 0.6 is 0 Å². The summed E-state index contributed by atoms with van der Waals surface area (Å²) in [5.74, 6) is -3.02. The van der Waals surface area contributed by atoms with E-state index in [0.29, 0.717) is 25.1 Å². The highest BCUT2D eigenvalue weighted by atomic mass is 19.1. The van der Waals surface area contributed by atoms with E-state index >= 15 is 0 Å². The Morgan fingerprint density at radius 2 is 1.94 bits per heavy atom. The molecular weight excluding hydrogens is 242 g/mol. The maximum Gasteiger partial charge on any atom is 0.221 e. The Bertz CT molecular complexity index is 415. The summed E-state index contributed by atoms with van der Waals surface area (Å²) in [4.78, 5) is 12.8. The summed E-state index contributed by atoms with van der Waals surface area (Å²) in [6.07, 6.45) is 0.316. The molecule has 2 N–H and O–H groups in total. The predicted molar refractivity (Wildman–Crippen MR) is 63.0 cm³/mol. The van der Waals surface area contributed by atoms with Crippen LogP contribution in [0.4, 0.5) is 8.78 Å². The van der Waals surface area contributed by atoms with Gasteiger partial charge in [0.1, 0.15) is 0 Å². The number of benzene rings is 1. The Kier molecular flexibility index (Phi) is 5.03. The Morgan fingerprint density at radius 3 is 2.44 bits per heavy atom. The number of nitrogens with one attached hydrogen (secondary N) is 1. The number of phenolic OH excluding ortho intramolecular Hbond substituents is 1. The fourth-order valence-electron chi connectivity index (χ4n) is 1.52. The molecule has 0 aliphatic carbocycles. The molecule has 0 aliphatic heterocycles. The Morgan fingerprint density at radius 1 is 1.39 bits per heavy atom. The summed E-state index contributed by atoms with van der Waals surface area (Å²) in [6.45, 7) is 0.773. The van der Waals surface area contributed by atoms with Gasteiger partial charge in [-0.3, -0.25) is 4.79 Å². The summed E-state index contributed by atoms with van der Waals surface area (Å²) in [5, 5.41) is 11.4. The van der Waals surface area contributed by atoms with Gasteiger partial charge in [0.25, 0.3) is 0 Å². The quantitative estimate of drug-likeness (QED) is 0.835. The van der Waals surface area contributed by atoms with E-state index in [1.807, 2.05) is 0 Å². The third kappa shape index (κ3) is 3.96. The molecule has 0 aromatic heterocycles. The monoisotopic (exact) mass is 258 g/mol. The van der Waals surface area contributed by atoms with Crippen LogP contribution in [0.5, 0.6) is 5.75 Å². The number of aromatic hydroxyl groups is 1. The topological polar surface area (TPSA) is 52.6 Å². The fourth-order valence-corrected chi connectivity index (χ4v) is 1.52. The largest absolute Gasteiger partial charge is 0.503 e. The fraction of sp³-hybridized carbons (Fsp3) is 0.417. The van der Waals surface area contributed by atoms with Crippen molar-refractivity contribution in [2.45, 2.75) is 13.0 Å². The van der Waals surface area contributed by atoms with Crippen molar-refractivity contribution in [3.05, 3.63) is 29.3 Å². The first-order valence-electron chi connectivity index (χ1n) is 5.50. The van der Waals surface area contributed by atoms with E-state index < -0.39 is 17.4 Å². The number of amides is 1. The Labute approximate surface area is 104 Å². The summed E-state index contributed by atoms with van der Waals surface area (Å²) >= 11 is 0. The highest BCUT2D eigenvalue weighted by molar-refractivity contribution is 5.75. The van der Waals surface area contributed by atoms with Crippen LogP contribution in [0.2, 0.25) is 0 Å². The van der Waals surface area contributed by atoms with E-state index in [9.17, 15) is 13.6 Å². The number of carbonyl (C=O) groups excluding carboxylic acids is 1. The minimum atomic E-state index is -0.982. The van der Waals surface area contributed by atoms with Gasteiger partial charge < -0.3 is 15.3 Å². The van der Waals surface area contributed by atoms with Gasteiger partial charge in [-0.1, -0.05) is 0 Å². The first kappa shape index (κ1) is 14.4. The van der Waals surface area contributed by atoms with Crippen LogP contribution in [0.15, 0.2) is 12.1 Å². The third-order valence-corrected chi connectivity index (χ3v) is 2.53. The highest BCUT2D eigenvalue weighted by Crippen LogP contribution is 2.21. The van der Waals surface area contributed by atoms with Crippen molar-refractivity contribution in [2.75, 3.05) is 20.6 Å². The molecule has 0 bridgehead atoms. The maximum absolute atomic E-state index is 13.1. The molecule has 0 unspecified atom stereocenters. The number of halogens is 2. The Hall–Kier alpha value is -1.69. The molecular formula is C12H16F2N2O2. The Balaban J connectivity index is 2.59. The van der Waals surface area contributed by atoms with E-state index in [0.717, 1.165) is 12.1 Å². The SMILES string of the molecule is CNC(=O)CCN(C)Cc1cc(F)c(O)c(F)c1. The molecule has 0 saturated heterocycles. The predicted octanol–water partition coefficient (Wildman–Crippen LogP) is 1.24. The average molecular weight is 258 g/mol. The van der Waals surface area contributed by atoms with Crippen LogP contribution in [0.3, 0.4) is 0 Å². The molecule has 4 nitrogen and oxygen atoms in total. The van der Waals surface area contributed by atoms with Crippen LogP contribution in [0.1, 0.15) is 12.0 Å². The molecule has 1 amide bonds. The van der Waals surface area contributed by atoms with Crippen molar-refractivity contribution in [1.82, 2.24) is 10.2 Å². The lowest BCUT2D eigenvalue weighted by Gasteiger charge is -2.16. The zero-order valence-corrected chi connectivity index (χ0v) is 10.3. The normalized spacial score (nSPS) is 10.7. The second-order valence-electron chi connectivity index (χ2n) is 4.07. The zero-order valence-electron chi connectivity index (χ0n) is 10.3. The van der Waals surface area contributed by atoms with E-state index in [2.05, 4.69) is 5.32 Å². The molecule has 0 fully saturated rings. The van der Waals surface area contributed by atoms with Crippen molar-refractivity contribution >= 4 is 5.91 Å². The number of hydrogen-bond donors (Lipinski definition) is 2. The van der Waals surface area contributed by atoms with Gasteiger partial charge in [0.15, 0.2) is 17.4 Å². The number of carbonyl (C=O) groups is 1. The van der Waals surface area contributed by atoms with Gasteiger partial charge in [-0.2, -0.15) is 0 Å². The summed E-state index contributed by atoms with van der Waals surface area (Å²) < 4.78 is 26.2. The molecule has 0 heterocycles. The first-order chi connectivity index (χ1) is 8.43. The molecule has 0 spiro atoms. The highest BCUT2D eigenvalue weighted by Gasteiger charge is 2.11. The van der Waals surface area contributed by atoms with Gasteiger partial charge in [-0.05, 0) is 24.7 Å². The van der Waals surface area contributed by atoms with Gasteiger partial charge in [-0.25, -0.2) is 8.78 Å². The smallest absolute Gasteiger partial charge is 0.221 e. The van der Waals surface area contributed by atoms with E-state index in [-0.39, 0.29) is 5.91 Å². The summed E-state index contributed by atoms with van der Waals surface area (Å²) in [6, 6.07) is 2.16. The molecule has 6 heteroatoms. The molecule has 1 aromatic carbocycles. The molecule has 1 rings (SSSR count). The summed E-state index contributed by atoms with van der Waals surface area (Å²) in [5.41, 5.74) is 0.405.